The summed E-state index contributed by atoms with van der Waals surface area (Å²) in [7, 11) is 0. The lowest BCUT2D eigenvalue weighted by Crippen LogP contribution is -2.53. The average molecular weight is 256 g/mol. The van der Waals surface area contributed by atoms with Crippen LogP contribution in [0.4, 0.5) is 4.79 Å². The molecule has 3 unspecified atom stereocenters. The Morgan fingerprint density at radius 3 is 2.83 bits per heavy atom. The van der Waals surface area contributed by atoms with Crippen LogP contribution >= 0.6 is 0 Å². The molecule has 0 spiro atoms. The van der Waals surface area contributed by atoms with E-state index in [0.29, 0.717) is 38.1 Å². The Bertz CT molecular complexity index is 334. The Morgan fingerprint density at radius 1 is 1.50 bits per heavy atom. The van der Waals surface area contributed by atoms with Crippen molar-refractivity contribution in [2.45, 2.75) is 25.8 Å². The molecular weight excluding hydrogens is 236 g/mol. The van der Waals surface area contributed by atoms with Gasteiger partial charge in [-0.15, -0.1) is 0 Å². The van der Waals surface area contributed by atoms with Crippen LogP contribution in [-0.4, -0.2) is 54.4 Å². The number of urea groups is 1. The number of ether oxygens (including phenoxy) is 1. The van der Waals surface area contributed by atoms with Gasteiger partial charge in [0.15, 0.2) is 0 Å². The van der Waals surface area contributed by atoms with E-state index < -0.39 is 5.97 Å². The van der Waals surface area contributed by atoms with E-state index in [0.717, 1.165) is 0 Å². The largest absolute Gasteiger partial charge is 0.481 e. The molecule has 1 saturated heterocycles. The Hall–Kier alpha value is -1.30. The summed E-state index contributed by atoms with van der Waals surface area (Å²) in [5, 5.41) is 11.7. The van der Waals surface area contributed by atoms with E-state index in [9.17, 15) is 9.59 Å². The van der Waals surface area contributed by atoms with Gasteiger partial charge in [0.05, 0.1) is 25.7 Å². The first-order valence-electron chi connectivity index (χ1n) is 6.42. The number of hydrogen-bond donors (Lipinski definition) is 2. The molecule has 2 amide bonds. The predicted molar refractivity (Wildman–Crippen MR) is 64.2 cm³/mol. The van der Waals surface area contributed by atoms with Gasteiger partial charge in [0, 0.05) is 13.1 Å². The van der Waals surface area contributed by atoms with E-state index in [1.807, 2.05) is 0 Å². The fraction of sp³-hybridized carbons (Fsp3) is 0.833. The molecule has 102 valence electrons. The van der Waals surface area contributed by atoms with Gasteiger partial charge in [0.1, 0.15) is 0 Å². The number of carboxylic acid groups (broad SMARTS) is 1. The molecule has 0 aromatic carbocycles. The van der Waals surface area contributed by atoms with E-state index >= 15 is 0 Å². The first-order valence-corrected chi connectivity index (χ1v) is 6.42. The van der Waals surface area contributed by atoms with Crippen LogP contribution in [0.3, 0.4) is 0 Å². The second kappa shape index (κ2) is 5.56. The summed E-state index contributed by atoms with van der Waals surface area (Å²) in [5.74, 6) is 0.386. The molecule has 6 heteroatoms. The second-order valence-electron chi connectivity index (χ2n) is 5.18. The van der Waals surface area contributed by atoms with Gasteiger partial charge in [-0.2, -0.15) is 0 Å². The molecule has 2 fully saturated rings. The van der Waals surface area contributed by atoms with Gasteiger partial charge >= 0.3 is 12.0 Å². The third kappa shape index (κ3) is 3.35. The monoisotopic (exact) mass is 256 g/mol. The van der Waals surface area contributed by atoms with Gasteiger partial charge in [-0.3, -0.25) is 4.79 Å². The molecule has 0 bridgehead atoms. The summed E-state index contributed by atoms with van der Waals surface area (Å²) in [6.07, 6.45) is 1.11. The van der Waals surface area contributed by atoms with Crippen LogP contribution in [0, 0.1) is 11.8 Å². The zero-order valence-electron chi connectivity index (χ0n) is 10.6. The molecule has 6 nitrogen and oxygen atoms in total. The van der Waals surface area contributed by atoms with E-state index in [2.05, 4.69) is 12.2 Å². The first kappa shape index (κ1) is 13.1. The zero-order chi connectivity index (χ0) is 13.1. The summed E-state index contributed by atoms with van der Waals surface area (Å²) in [6.45, 7) is 4.10. The van der Waals surface area contributed by atoms with Crippen molar-refractivity contribution in [3.05, 3.63) is 0 Å². The maximum Gasteiger partial charge on any atom is 0.317 e. The molecule has 2 N–H and O–H groups in total. The number of carbonyl (C=O) groups excluding carboxylic acids is 1. The van der Waals surface area contributed by atoms with Crippen molar-refractivity contribution in [1.29, 1.82) is 0 Å². The lowest BCUT2D eigenvalue weighted by molar-refractivity contribution is -0.139. The smallest absolute Gasteiger partial charge is 0.317 e. The molecule has 3 atom stereocenters. The zero-order valence-corrected chi connectivity index (χ0v) is 10.6. The summed E-state index contributed by atoms with van der Waals surface area (Å²) in [5.41, 5.74) is 0. The van der Waals surface area contributed by atoms with Crippen LogP contribution in [0.2, 0.25) is 0 Å². The predicted octanol–water partition coefficient (Wildman–Crippen LogP) is 0.527. The number of carbonyl (C=O) groups is 2. The molecule has 0 radical (unpaired) electrons. The first-order chi connectivity index (χ1) is 8.58. The van der Waals surface area contributed by atoms with Crippen LogP contribution in [0.5, 0.6) is 0 Å². The standard InChI is InChI=1S/C12H20N2O4/c1-8-4-9(8)6-13-12(17)14-2-3-18-7-10(14)5-11(15)16/h8-10H,2-7H2,1H3,(H,13,17)(H,15,16). The Kier molecular flexibility index (Phi) is 4.06. The van der Waals surface area contributed by atoms with Crippen molar-refractivity contribution in [1.82, 2.24) is 10.2 Å². The van der Waals surface area contributed by atoms with Crippen LogP contribution in [0.25, 0.3) is 0 Å². The van der Waals surface area contributed by atoms with Gasteiger partial charge in [-0.1, -0.05) is 6.92 Å². The van der Waals surface area contributed by atoms with Crippen molar-refractivity contribution in [3.8, 4) is 0 Å². The van der Waals surface area contributed by atoms with Gasteiger partial charge in [0.2, 0.25) is 0 Å². The molecule has 2 rings (SSSR count). The quantitative estimate of drug-likeness (QED) is 0.769. The maximum absolute atomic E-state index is 12.0. The van der Waals surface area contributed by atoms with E-state index in [1.165, 1.54) is 6.42 Å². The molecule has 1 heterocycles. The molecule has 1 aliphatic heterocycles. The summed E-state index contributed by atoms with van der Waals surface area (Å²) < 4.78 is 5.23. The molecular formula is C12H20N2O4. The van der Waals surface area contributed by atoms with Crippen LogP contribution < -0.4 is 5.32 Å². The normalized spacial score (nSPS) is 30.9. The van der Waals surface area contributed by atoms with Crippen molar-refractivity contribution < 1.29 is 19.4 Å². The minimum atomic E-state index is -0.904. The molecule has 18 heavy (non-hydrogen) atoms. The van der Waals surface area contributed by atoms with Crippen molar-refractivity contribution >= 4 is 12.0 Å². The van der Waals surface area contributed by atoms with E-state index in [-0.39, 0.29) is 18.5 Å². The summed E-state index contributed by atoms with van der Waals surface area (Å²) >= 11 is 0. The van der Waals surface area contributed by atoms with Crippen molar-refractivity contribution in [2.24, 2.45) is 11.8 Å². The van der Waals surface area contributed by atoms with Gasteiger partial charge < -0.3 is 20.1 Å². The number of nitrogens with zero attached hydrogens (tertiary/aromatic N) is 1. The highest BCUT2D eigenvalue weighted by Gasteiger charge is 2.34. The number of aliphatic carboxylic acids is 1. The highest BCUT2D eigenvalue weighted by molar-refractivity contribution is 5.76. The van der Waals surface area contributed by atoms with Crippen molar-refractivity contribution in [3.63, 3.8) is 0 Å². The number of carboxylic acids is 1. The second-order valence-corrected chi connectivity index (χ2v) is 5.18. The number of rotatable bonds is 4. The van der Waals surface area contributed by atoms with Crippen LogP contribution in [-0.2, 0) is 9.53 Å². The fourth-order valence-corrected chi connectivity index (χ4v) is 2.30. The maximum atomic E-state index is 12.0. The van der Waals surface area contributed by atoms with E-state index in [1.54, 1.807) is 4.90 Å². The molecule has 2 aliphatic rings. The number of amides is 2. The van der Waals surface area contributed by atoms with E-state index in [4.69, 9.17) is 9.84 Å². The lowest BCUT2D eigenvalue weighted by Gasteiger charge is -2.34. The Balaban J connectivity index is 1.82. The molecule has 1 saturated carbocycles. The number of nitrogens with one attached hydrogen (secondary N) is 1. The summed E-state index contributed by atoms with van der Waals surface area (Å²) in [6, 6.07) is -0.517. The van der Waals surface area contributed by atoms with Gasteiger partial charge in [-0.25, -0.2) is 4.79 Å². The van der Waals surface area contributed by atoms with Gasteiger partial charge in [0.25, 0.3) is 0 Å². The lowest BCUT2D eigenvalue weighted by atomic mass is 10.1. The van der Waals surface area contributed by atoms with Gasteiger partial charge in [-0.05, 0) is 18.3 Å². The van der Waals surface area contributed by atoms with Crippen LogP contribution in [0.1, 0.15) is 19.8 Å². The number of hydrogen-bond acceptors (Lipinski definition) is 3. The van der Waals surface area contributed by atoms with Crippen LogP contribution in [0.15, 0.2) is 0 Å². The minimum absolute atomic E-state index is 0.0623. The average Bonchev–Trinajstić information content (AvgIpc) is 3.02. The number of morpholine rings is 1. The summed E-state index contributed by atoms with van der Waals surface area (Å²) in [4.78, 5) is 24.3. The highest BCUT2D eigenvalue weighted by atomic mass is 16.5. The third-order valence-electron chi connectivity index (χ3n) is 3.69. The Labute approximate surface area is 106 Å². The topological polar surface area (TPSA) is 78.9 Å². The highest BCUT2D eigenvalue weighted by Crippen LogP contribution is 2.36. The minimum Gasteiger partial charge on any atom is -0.481 e. The third-order valence-corrected chi connectivity index (χ3v) is 3.69. The molecule has 0 aromatic rings. The molecule has 0 aromatic heterocycles. The van der Waals surface area contributed by atoms with Crippen molar-refractivity contribution in [2.75, 3.05) is 26.3 Å². The SMILES string of the molecule is CC1CC1CNC(=O)N1CCOCC1CC(=O)O. The Morgan fingerprint density at radius 2 is 2.22 bits per heavy atom. The fourth-order valence-electron chi connectivity index (χ4n) is 2.30. The molecule has 1 aliphatic carbocycles.